The lowest BCUT2D eigenvalue weighted by molar-refractivity contribution is 0.0951. The monoisotopic (exact) mass is 316 g/mol. The van der Waals surface area contributed by atoms with Crippen molar-refractivity contribution in [2.75, 3.05) is 12.4 Å². The summed E-state index contributed by atoms with van der Waals surface area (Å²) in [5.41, 5.74) is 2.13. The molecule has 23 heavy (non-hydrogen) atoms. The summed E-state index contributed by atoms with van der Waals surface area (Å²) < 4.78 is 18.5. The van der Waals surface area contributed by atoms with Crippen LogP contribution in [0, 0.1) is 5.82 Å². The summed E-state index contributed by atoms with van der Waals surface area (Å²) in [6.45, 7) is 4.32. The van der Waals surface area contributed by atoms with E-state index in [1.165, 1.54) is 13.2 Å². The van der Waals surface area contributed by atoms with Crippen LogP contribution in [0.4, 0.5) is 10.1 Å². The number of halogens is 1. The molecule has 1 amide bonds. The smallest absolute Gasteiger partial charge is 0.251 e. The summed E-state index contributed by atoms with van der Waals surface area (Å²) in [6.07, 6.45) is 0. The van der Waals surface area contributed by atoms with Gasteiger partial charge in [-0.3, -0.25) is 4.79 Å². The highest BCUT2D eigenvalue weighted by atomic mass is 19.1. The highest BCUT2D eigenvalue weighted by Gasteiger charge is 2.08. The molecule has 0 radical (unpaired) electrons. The fourth-order valence-corrected chi connectivity index (χ4v) is 2.19. The molecule has 0 fully saturated rings. The highest BCUT2D eigenvalue weighted by molar-refractivity contribution is 5.95. The van der Waals surface area contributed by atoms with E-state index in [1.54, 1.807) is 24.3 Å². The SMILES string of the molecule is COc1ccc(CNC(=O)c2cccc(NC(C)C)c2)cc1F. The minimum Gasteiger partial charge on any atom is -0.494 e. The second-order valence-corrected chi connectivity index (χ2v) is 5.53. The van der Waals surface area contributed by atoms with Gasteiger partial charge < -0.3 is 15.4 Å². The zero-order chi connectivity index (χ0) is 16.8. The molecule has 2 aromatic carbocycles. The molecule has 2 aromatic rings. The number of anilines is 1. The Bertz CT molecular complexity index is 686. The quantitative estimate of drug-likeness (QED) is 0.856. The number of nitrogens with one attached hydrogen (secondary N) is 2. The minimum absolute atomic E-state index is 0.188. The Morgan fingerprint density at radius 1 is 1.22 bits per heavy atom. The molecule has 0 aliphatic carbocycles. The Kier molecular flexibility index (Phi) is 5.57. The van der Waals surface area contributed by atoms with Crippen molar-refractivity contribution in [2.24, 2.45) is 0 Å². The van der Waals surface area contributed by atoms with Gasteiger partial charge in [-0.1, -0.05) is 12.1 Å². The van der Waals surface area contributed by atoms with Crippen molar-refractivity contribution in [1.29, 1.82) is 0 Å². The molecule has 0 saturated heterocycles. The van der Waals surface area contributed by atoms with Crippen molar-refractivity contribution in [2.45, 2.75) is 26.4 Å². The van der Waals surface area contributed by atoms with Crippen molar-refractivity contribution in [3.63, 3.8) is 0 Å². The molecule has 0 bridgehead atoms. The first-order chi connectivity index (χ1) is 11.0. The van der Waals surface area contributed by atoms with Crippen LogP contribution in [0.25, 0.3) is 0 Å². The molecule has 0 aromatic heterocycles. The Balaban J connectivity index is 2.00. The molecule has 0 aliphatic rings. The Labute approximate surface area is 135 Å². The molecule has 5 heteroatoms. The van der Waals surface area contributed by atoms with Gasteiger partial charge in [0.1, 0.15) is 0 Å². The fourth-order valence-electron chi connectivity index (χ4n) is 2.19. The van der Waals surface area contributed by atoms with E-state index in [9.17, 15) is 9.18 Å². The van der Waals surface area contributed by atoms with Gasteiger partial charge in [-0.05, 0) is 49.7 Å². The van der Waals surface area contributed by atoms with E-state index in [0.29, 0.717) is 11.1 Å². The maximum Gasteiger partial charge on any atom is 0.251 e. The normalized spacial score (nSPS) is 10.5. The third kappa shape index (κ3) is 4.71. The number of carbonyl (C=O) groups excluding carboxylic acids is 1. The van der Waals surface area contributed by atoms with Crippen molar-refractivity contribution >= 4 is 11.6 Å². The van der Waals surface area contributed by atoms with E-state index in [4.69, 9.17) is 4.74 Å². The van der Waals surface area contributed by atoms with E-state index in [2.05, 4.69) is 10.6 Å². The number of rotatable bonds is 6. The van der Waals surface area contributed by atoms with E-state index in [1.807, 2.05) is 26.0 Å². The molecule has 122 valence electrons. The van der Waals surface area contributed by atoms with Gasteiger partial charge in [0.25, 0.3) is 5.91 Å². The van der Waals surface area contributed by atoms with Crippen molar-refractivity contribution in [3.05, 3.63) is 59.4 Å². The number of hydrogen-bond acceptors (Lipinski definition) is 3. The summed E-state index contributed by atoms with van der Waals surface area (Å²) >= 11 is 0. The molecule has 0 spiro atoms. The minimum atomic E-state index is -0.442. The first-order valence-corrected chi connectivity index (χ1v) is 7.47. The molecule has 0 aliphatic heterocycles. The standard InChI is InChI=1S/C18H21FN2O2/c1-12(2)21-15-6-4-5-14(10-15)18(22)20-11-13-7-8-17(23-3)16(19)9-13/h4-10,12,21H,11H2,1-3H3,(H,20,22). The second kappa shape index (κ2) is 7.63. The predicted octanol–water partition coefficient (Wildman–Crippen LogP) is 3.58. The first kappa shape index (κ1) is 16.8. The Morgan fingerprint density at radius 2 is 2.00 bits per heavy atom. The summed E-state index contributed by atoms with van der Waals surface area (Å²) in [4.78, 5) is 12.2. The third-order valence-electron chi connectivity index (χ3n) is 3.25. The lowest BCUT2D eigenvalue weighted by atomic mass is 10.1. The van der Waals surface area contributed by atoms with Gasteiger partial charge in [-0.15, -0.1) is 0 Å². The van der Waals surface area contributed by atoms with Crippen molar-refractivity contribution in [1.82, 2.24) is 5.32 Å². The Hall–Kier alpha value is -2.56. The number of hydrogen-bond donors (Lipinski definition) is 2. The van der Waals surface area contributed by atoms with Crippen LogP contribution >= 0.6 is 0 Å². The van der Waals surface area contributed by atoms with Gasteiger partial charge in [0, 0.05) is 23.8 Å². The van der Waals surface area contributed by atoms with Gasteiger partial charge >= 0.3 is 0 Å². The maximum atomic E-state index is 13.6. The number of methoxy groups -OCH3 is 1. The van der Waals surface area contributed by atoms with E-state index in [-0.39, 0.29) is 24.2 Å². The zero-order valence-electron chi connectivity index (χ0n) is 13.5. The molecule has 0 unspecified atom stereocenters. The molecule has 2 N–H and O–H groups in total. The largest absolute Gasteiger partial charge is 0.494 e. The lowest BCUT2D eigenvalue weighted by Crippen LogP contribution is -2.23. The average Bonchev–Trinajstić information content (AvgIpc) is 2.52. The summed E-state index contributed by atoms with van der Waals surface area (Å²) in [5.74, 6) is -0.455. The predicted molar refractivity (Wildman–Crippen MR) is 89.3 cm³/mol. The van der Waals surface area contributed by atoms with Crippen LogP contribution < -0.4 is 15.4 Å². The van der Waals surface area contributed by atoms with Gasteiger partial charge in [0.2, 0.25) is 0 Å². The molecule has 4 nitrogen and oxygen atoms in total. The third-order valence-corrected chi connectivity index (χ3v) is 3.25. The molecular formula is C18H21FN2O2. The van der Waals surface area contributed by atoms with Crippen LogP contribution in [0.3, 0.4) is 0 Å². The van der Waals surface area contributed by atoms with Crippen molar-refractivity contribution in [3.8, 4) is 5.75 Å². The molecule has 2 rings (SSSR count). The van der Waals surface area contributed by atoms with Crippen LogP contribution in [-0.4, -0.2) is 19.1 Å². The van der Waals surface area contributed by atoms with Crippen molar-refractivity contribution < 1.29 is 13.9 Å². The lowest BCUT2D eigenvalue weighted by Gasteiger charge is -2.11. The number of benzene rings is 2. The van der Waals surface area contributed by atoms with Crippen LogP contribution in [0.15, 0.2) is 42.5 Å². The van der Waals surface area contributed by atoms with Crippen LogP contribution in [0.2, 0.25) is 0 Å². The van der Waals surface area contributed by atoms with E-state index in [0.717, 1.165) is 5.69 Å². The van der Waals surface area contributed by atoms with Crippen LogP contribution in [-0.2, 0) is 6.54 Å². The highest BCUT2D eigenvalue weighted by Crippen LogP contribution is 2.18. The molecule has 0 saturated carbocycles. The molecular weight excluding hydrogens is 295 g/mol. The second-order valence-electron chi connectivity index (χ2n) is 5.53. The van der Waals surface area contributed by atoms with E-state index < -0.39 is 5.82 Å². The molecule has 0 heterocycles. The summed E-state index contributed by atoms with van der Waals surface area (Å²) in [5, 5.41) is 6.04. The summed E-state index contributed by atoms with van der Waals surface area (Å²) in [7, 11) is 1.41. The van der Waals surface area contributed by atoms with Gasteiger partial charge in [0.05, 0.1) is 7.11 Å². The van der Waals surface area contributed by atoms with Crippen LogP contribution in [0.5, 0.6) is 5.75 Å². The van der Waals surface area contributed by atoms with Gasteiger partial charge in [0.15, 0.2) is 11.6 Å². The average molecular weight is 316 g/mol. The maximum absolute atomic E-state index is 13.6. The summed E-state index contributed by atoms with van der Waals surface area (Å²) in [6, 6.07) is 12.2. The zero-order valence-corrected chi connectivity index (χ0v) is 13.5. The molecule has 0 atom stereocenters. The van der Waals surface area contributed by atoms with Gasteiger partial charge in [-0.2, -0.15) is 0 Å². The fraction of sp³-hybridized carbons (Fsp3) is 0.278. The van der Waals surface area contributed by atoms with Gasteiger partial charge in [-0.25, -0.2) is 4.39 Å². The number of carbonyl (C=O) groups is 1. The number of amides is 1. The Morgan fingerprint density at radius 3 is 2.65 bits per heavy atom. The van der Waals surface area contributed by atoms with E-state index >= 15 is 0 Å². The van der Waals surface area contributed by atoms with Crippen LogP contribution in [0.1, 0.15) is 29.8 Å². The number of ether oxygens (including phenoxy) is 1. The first-order valence-electron chi connectivity index (χ1n) is 7.47. The topological polar surface area (TPSA) is 50.4 Å².